The Morgan fingerprint density at radius 3 is 2.43 bits per heavy atom. The molecule has 0 aliphatic heterocycles. The van der Waals surface area contributed by atoms with E-state index in [1.54, 1.807) is 19.1 Å². The van der Waals surface area contributed by atoms with E-state index in [2.05, 4.69) is 0 Å². The van der Waals surface area contributed by atoms with Crippen molar-refractivity contribution in [1.29, 1.82) is 0 Å². The van der Waals surface area contributed by atoms with Gasteiger partial charge in [-0.1, -0.05) is 36.4 Å². The first-order valence-corrected chi connectivity index (χ1v) is 6.92. The van der Waals surface area contributed by atoms with E-state index in [9.17, 15) is 9.59 Å². The molecule has 2 rings (SSSR count). The van der Waals surface area contributed by atoms with Crippen LogP contribution >= 0.6 is 0 Å². The van der Waals surface area contributed by atoms with Gasteiger partial charge in [0, 0.05) is 5.56 Å². The molecular weight excluding hydrogens is 264 g/mol. The molecule has 0 amide bonds. The molecule has 0 fully saturated rings. The molecule has 0 unspecified atom stereocenters. The van der Waals surface area contributed by atoms with Crippen LogP contribution in [0.25, 0.3) is 0 Å². The normalized spacial score (nSPS) is 16.1. The second kappa shape index (κ2) is 6.35. The lowest BCUT2D eigenvalue weighted by Gasteiger charge is -2.08. The molecule has 1 aromatic rings. The van der Waals surface area contributed by atoms with Gasteiger partial charge in [0.15, 0.2) is 5.78 Å². The van der Waals surface area contributed by atoms with Gasteiger partial charge >= 0.3 is 5.97 Å². The molecule has 0 aromatic heterocycles. The molecule has 0 saturated carbocycles. The molecule has 0 atom stereocenters. The average Bonchev–Trinajstić information content (AvgIpc) is 2.74. The van der Waals surface area contributed by atoms with Crippen molar-refractivity contribution in [3.05, 3.63) is 70.3 Å². The van der Waals surface area contributed by atoms with Crippen LogP contribution in [0.15, 0.2) is 64.8 Å². The Balaban J connectivity index is 2.37. The maximum Gasteiger partial charge on any atom is 0.339 e. The van der Waals surface area contributed by atoms with Crippen LogP contribution in [0.1, 0.15) is 31.1 Å². The number of benzene rings is 1. The van der Waals surface area contributed by atoms with E-state index in [0.29, 0.717) is 23.3 Å². The first kappa shape index (κ1) is 15.0. The van der Waals surface area contributed by atoms with Gasteiger partial charge in [-0.25, -0.2) is 4.79 Å². The fourth-order valence-corrected chi connectivity index (χ4v) is 2.36. The SMILES string of the molecule is CCOC(=O)C1=C(C)C=C(C)/C1=C\C(=O)c1ccccc1. The molecule has 1 aliphatic carbocycles. The van der Waals surface area contributed by atoms with E-state index in [-0.39, 0.29) is 11.8 Å². The van der Waals surface area contributed by atoms with Gasteiger partial charge < -0.3 is 4.74 Å². The van der Waals surface area contributed by atoms with Crippen molar-refractivity contribution in [2.45, 2.75) is 20.8 Å². The van der Waals surface area contributed by atoms with E-state index < -0.39 is 0 Å². The molecule has 0 saturated heterocycles. The summed E-state index contributed by atoms with van der Waals surface area (Å²) in [6.07, 6.45) is 3.42. The molecule has 0 heterocycles. The highest BCUT2D eigenvalue weighted by Gasteiger charge is 2.25. The summed E-state index contributed by atoms with van der Waals surface area (Å²) >= 11 is 0. The number of ketones is 1. The number of hydrogen-bond acceptors (Lipinski definition) is 3. The number of carbonyl (C=O) groups is 2. The number of rotatable bonds is 4. The van der Waals surface area contributed by atoms with Gasteiger partial charge in [-0.15, -0.1) is 0 Å². The highest BCUT2D eigenvalue weighted by Crippen LogP contribution is 2.32. The molecule has 1 aromatic carbocycles. The molecule has 3 nitrogen and oxygen atoms in total. The lowest BCUT2D eigenvalue weighted by Crippen LogP contribution is -2.10. The molecule has 0 bridgehead atoms. The van der Waals surface area contributed by atoms with E-state index in [1.807, 2.05) is 38.1 Å². The topological polar surface area (TPSA) is 43.4 Å². The second-order valence-corrected chi connectivity index (χ2v) is 4.89. The predicted molar refractivity (Wildman–Crippen MR) is 81.9 cm³/mol. The smallest absolute Gasteiger partial charge is 0.339 e. The zero-order valence-corrected chi connectivity index (χ0v) is 12.5. The summed E-state index contributed by atoms with van der Waals surface area (Å²) in [5, 5.41) is 0. The van der Waals surface area contributed by atoms with E-state index in [4.69, 9.17) is 4.74 Å². The third-order valence-corrected chi connectivity index (χ3v) is 3.33. The van der Waals surface area contributed by atoms with Crippen LogP contribution in [-0.4, -0.2) is 18.4 Å². The molecule has 21 heavy (non-hydrogen) atoms. The van der Waals surface area contributed by atoms with E-state index >= 15 is 0 Å². The highest BCUT2D eigenvalue weighted by atomic mass is 16.5. The Morgan fingerprint density at radius 1 is 1.14 bits per heavy atom. The maximum atomic E-state index is 12.3. The van der Waals surface area contributed by atoms with Crippen molar-refractivity contribution in [2.24, 2.45) is 0 Å². The highest BCUT2D eigenvalue weighted by molar-refractivity contribution is 6.08. The molecule has 1 aliphatic rings. The molecular formula is C18H18O3. The van der Waals surface area contributed by atoms with Crippen LogP contribution in [0.4, 0.5) is 0 Å². The summed E-state index contributed by atoms with van der Waals surface area (Å²) in [7, 11) is 0. The fourth-order valence-electron chi connectivity index (χ4n) is 2.36. The third kappa shape index (κ3) is 3.19. The van der Waals surface area contributed by atoms with Crippen LogP contribution in [0.3, 0.4) is 0 Å². The van der Waals surface area contributed by atoms with Crippen molar-refractivity contribution in [3.63, 3.8) is 0 Å². The quantitative estimate of drug-likeness (QED) is 0.481. The van der Waals surface area contributed by atoms with Crippen molar-refractivity contribution >= 4 is 11.8 Å². The van der Waals surface area contributed by atoms with Crippen LogP contribution in [-0.2, 0) is 9.53 Å². The van der Waals surface area contributed by atoms with Gasteiger partial charge in [0.1, 0.15) is 0 Å². The standard InChI is InChI=1S/C18H18O3/c1-4-21-18(20)17-13(3)10-12(2)15(17)11-16(19)14-8-6-5-7-9-14/h5-11H,4H2,1-3H3/b15-11+. The molecule has 3 heteroatoms. The minimum Gasteiger partial charge on any atom is -0.462 e. The summed E-state index contributed by atoms with van der Waals surface area (Å²) < 4.78 is 5.08. The Morgan fingerprint density at radius 2 is 1.81 bits per heavy atom. The Labute approximate surface area is 124 Å². The van der Waals surface area contributed by atoms with Crippen molar-refractivity contribution < 1.29 is 14.3 Å². The minimum atomic E-state index is -0.379. The number of ether oxygens (including phenoxy) is 1. The number of hydrogen-bond donors (Lipinski definition) is 0. The summed E-state index contributed by atoms with van der Waals surface area (Å²) in [6, 6.07) is 9.01. The predicted octanol–water partition coefficient (Wildman–Crippen LogP) is 3.64. The summed E-state index contributed by atoms with van der Waals surface area (Å²) in [4.78, 5) is 24.4. The number of carbonyl (C=O) groups excluding carboxylic acids is 2. The van der Waals surface area contributed by atoms with Gasteiger partial charge in [0.05, 0.1) is 12.2 Å². The lowest BCUT2D eigenvalue weighted by molar-refractivity contribution is -0.138. The second-order valence-electron chi connectivity index (χ2n) is 4.89. The third-order valence-electron chi connectivity index (χ3n) is 3.33. The van der Waals surface area contributed by atoms with Crippen molar-refractivity contribution in [2.75, 3.05) is 6.61 Å². The molecule has 0 spiro atoms. The van der Waals surface area contributed by atoms with Crippen LogP contribution in [0.5, 0.6) is 0 Å². The Bertz CT molecular complexity index is 661. The van der Waals surface area contributed by atoms with Gasteiger partial charge in [-0.2, -0.15) is 0 Å². The minimum absolute atomic E-state index is 0.116. The van der Waals surface area contributed by atoms with Crippen LogP contribution in [0, 0.1) is 0 Å². The van der Waals surface area contributed by atoms with Gasteiger partial charge in [0.2, 0.25) is 0 Å². The van der Waals surface area contributed by atoms with Crippen LogP contribution < -0.4 is 0 Å². The molecule has 0 radical (unpaired) electrons. The lowest BCUT2D eigenvalue weighted by atomic mass is 9.99. The van der Waals surface area contributed by atoms with Crippen LogP contribution in [0.2, 0.25) is 0 Å². The van der Waals surface area contributed by atoms with Gasteiger partial charge in [0.25, 0.3) is 0 Å². The molecule has 0 N–H and O–H groups in total. The first-order valence-electron chi connectivity index (χ1n) is 6.92. The average molecular weight is 282 g/mol. The van der Waals surface area contributed by atoms with E-state index in [1.165, 1.54) is 6.08 Å². The largest absolute Gasteiger partial charge is 0.462 e. The summed E-state index contributed by atoms with van der Waals surface area (Å²) in [5.41, 5.74) is 3.47. The maximum absolute atomic E-state index is 12.3. The van der Waals surface area contributed by atoms with E-state index in [0.717, 1.165) is 11.1 Å². The zero-order valence-electron chi connectivity index (χ0n) is 12.5. The Kier molecular flexibility index (Phi) is 4.53. The van der Waals surface area contributed by atoms with Gasteiger partial charge in [-0.05, 0) is 43.6 Å². The fraction of sp³-hybridized carbons (Fsp3) is 0.222. The summed E-state index contributed by atoms with van der Waals surface area (Å²) in [5.74, 6) is -0.495. The van der Waals surface area contributed by atoms with Gasteiger partial charge in [-0.3, -0.25) is 4.79 Å². The number of allylic oxidation sites excluding steroid dienone is 4. The zero-order chi connectivity index (χ0) is 15.4. The monoisotopic (exact) mass is 282 g/mol. The summed E-state index contributed by atoms with van der Waals surface area (Å²) in [6.45, 7) is 5.82. The molecule has 108 valence electrons. The first-order chi connectivity index (χ1) is 10.0. The Hall–Kier alpha value is -2.42. The van der Waals surface area contributed by atoms with Crippen molar-refractivity contribution in [3.8, 4) is 0 Å². The van der Waals surface area contributed by atoms with Crippen molar-refractivity contribution in [1.82, 2.24) is 0 Å². The number of esters is 1.